The molecule has 0 saturated heterocycles. The highest BCUT2D eigenvalue weighted by Crippen LogP contribution is 2.21. The topological polar surface area (TPSA) is 26.3 Å². The molecule has 32 heavy (non-hydrogen) atoms. The first-order valence-corrected chi connectivity index (χ1v) is 14.9. The molecule has 0 heterocycles. The Bertz CT molecular complexity index is 366. The van der Waals surface area contributed by atoms with Gasteiger partial charge in [0.25, 0.3) is 0 Å². The number of carbonyl (C=O) groups excluding carboxylic acids is 1. The standard InChI is InChI=1S/C30H60O2/c1-4-7-10-13-15-16-17-18-19-20-22-24-27-29(26-23-21-14-11-8-5-2)30(31)32-28-25-12-9-6-3/h29H,4-28H2,1-3H3. The van der Waals surface area contributed by atoms with Crippen LogP contribution < -0.4 is 0 Å². The fourth-order valence-electron chi connectivity index (χ4n) is 4.60. The molecule has 0 aliphatic rings. The van der Waals surface area contributed by atoms with E-state index in [0.717, 1.165) is 19.3 Å². The van der Waals surface area contributed by atoms with Crippen LogP contribution in [0.5, 0.6) is 0 Å². The third-order valence-electron chi connectivity index (χ3n) is 6.89. The summed E-state index contributed by atoms with van der Waals surface area (Å²) in [6.07, 6.45) is 31.0. The van der Waals surface area contributed by atoms with Gasteiger partial charge in [0.05, 0.1) is 12.5 Å². The Balaban J connectivity index is 3.90. The molecule has 0 rings (SSSR count). The second-order valence-corrected chi connectivity index (χ2v) is 10.2. The van der Waals surface area contributed by atoms with Gasteiger partial charge in [-0.15, -0.1) is 0 Å². The van der Waals surface area contributed by atoms with Gasteiger partial charge in [0, 0.05) is 0 Å². The largest absolute Gasteiger partial charge is 0.465 e. The third-order valence-corrected chi connectivity index (χ3v) is 6.89. The van der Waals surface area contributed by atoms with Crippen LogP contribution in [-0.4, -0.2) is 12.6 Å². The lowest BCUT2D eigenvalue weighted by Crippen LogP contribution is -2.18. The molecule has 0 radical (unpaired) electrons. The monoisotopic (exact) mass is 452 g/mol. The predicted molar refractivity (Wildman–Crippen MR) is 142 cm³/mol. The number of carbonyl (C=O) groups is 1. The minimum absolute atomic E-state index is 0.0955. The van der Waals surface area contributed by atoms with E-state index in [1.165, 1.54) is 135 Å². The van der Waals surface area contributed by atoms with Crippen molar-refractivity contribution >= 4 is 5.97 Å². The Morgan fingerprint density at radius 3 is 1.16 bits per heavy atom. The van der Waals surface area contributed by atoms with Crippen LogP contribution in [0.25, 0.3) is 0 Å². The highest BCUT2D eigenvalue weighted by atomic mass is 16.5. The number of hydrogen-bond donors (Lipinski definition) is 0. The van der Waals surface area contributed by atoms with Gasteiger partial charge in [0.2, 0.25) is 0 Å². The van der Waals surface area contributed by atoms with Gasteiger partial charge in [-0.3, -0.25) is 4.79 Å². The molecule has 1 atom stereocenters. The van der Waals surface area contributed by atoms with Crippen LogP contribution in [0, 0.1) is 5.92 Å². The molecule has 0 amide bonds. The van der Waals surface area contributed by atoms with Crippen LogP contribution in [-0.2, 0) is 9.53 Å². The van der Waals surface area contributed by atoms with Crippen LogP contribution in [0.15, 0.2) is 0 Å². The van der Waals surface area contributed by atoms with Gasteiger partial charge in [0.1, 0.15) is 0 Å². The van der Waals surface area contributed by atoms with Crippen LogP contribution >= 0.6 is 0 Å². The maximum absolute atomic E-state index is 12.7. The van der Waals surface area contributed by atoms with E-state index >= 15 is 0 Å². The lowest BCUT2D eigenvalue weighted by atomic mass is 9.94. The molecule has 0 spiro atoms. The molecule has 0 fully saturated rings. The zero-order valence-electron chi connectivity index (χ0n) is 22.6. The lowest BCUT2D eigenvalue weighted by Gasteiger charge is -2.16. The maximum Gasteiger partial charge on any atom is 0.308 e. The number of rotatable bonds is 26. The normalized spacial score (nSPS) is 12.2. The van der Waals surface area contributed by atoms with Gasteiger partial charge >= 0.3 is 5.97 Å². The summed E-state index contributed by atoms with van der Waals surface area (Å²) in [7, 11) is 0. The molecule has 0 saturated carbocycles. The van der Waals surface area contributed by atoms with E-state index in [4.69, 9.17) is 4.74 Å². The van der Waals surface area contributed by atoms with E-state index in [-0.39, 0.29) is 11.9 Å². The molecule has 0 aromatic heterocycles. The first-order valence-electron chi connectivity index (χ1n) is 14.9. The Morgan fingerprint density at radius 1 is 0.469 bits per heavy atom. The lowest BCUT2D eigenvalue weighted by molar-refractivity contribution is -0.149. The predicted octanol–water partition coefficient (Wildman–Crippen LogP) is 10.6. The third kappa shape index (κ3) is 22.7. The zero-order valence-corrected chi connectivity index (χ0v) is 22.6. The Hall–Kier alpha value is -0.530. The van der Waals surface area contributed by atoms with E-state index in [9.17, 15) is 4.79 Å². The molecular weight excluding hydrogens is 392 g/mol. The summed E-state index contributed by atoms with van der Waals surface area (Å²) >= 11 is 0. The smallest absolute Gasteiger partial charge is 0.308 e. The summed E-state index contributed by atoms with van der Waals surface area (Å²) in [6.45, 7) is 7.40. The SMILES string of the molecule is CCCCCCCCCCCCCCC(CCCCCCCC)C(=O)OCCCCCC. The minimum atomic E-state index is 0.0955. The van der Waals surface area contributed by atoms with Crippen LogP contribution in [0.3, 0.4) is 0 Å². The van der Waals surface area contributed by atoms with Gasteiger partial charge in [-0.25, -0.2) is 0 Å². The fourth-order valence-corrected chi connectivity index (χ4v) is 4.60. The van der Waals surface area contributed by atoms with Crippen molar-refractivity contribution in [3.63, 3.8) is 0 Å². The van der Waals surface area contributed by atoms with Crippen LogP contribution in [0.1, 0.15) is 175 Å². The van der Waals surface area contributed by atoms with Crippen molar-refractivity contribution in [3.8, 4) is 0 Å². The van der Waals surface area contributed by atoms with Crippen molar-refractivity contribution in [2.75, 3.05) is 6.61 Å². The van der Waals surface area contributed by atoms with Gasteiger partial charge in [-0.05, 0) is 19.3 Å². The van der Waals surface area contributed by atoms with Crippen molar-refractivity contribution in [1.82, 2.24) is 0 Å². The second-order valence-electron chi connectivity index (χ2n) is 10.2. The molecule has 1 unspecified atom stereocenters. The van der Waals surface area contributed by atoms with Crippen molar-refractivity contribution in [3.05, 3.63) is 0 Å². The minimum Gasteiger partial charge on any atom is -0.465 e. The number of hydrogen-bond acceptors (Lipinski definition) is 2. The second kappa shape index (κ2) is 26.7. The van der Waals surface area contributed by atoms with Crippen molar-refractivity contribution < 1.29 is 9.53 Å². The van der Waals surface area contributed by atoms with E-state index in [1.54, 1.807) is 0 Å². The Labute approximate surface area is 203 Å². The molecule has 0 aromatic carbocycles. The highest BCUT2D eigenvalue weighted by Gasteiger charge is 2.19. The van der Waals surface area contributed by atoms with Crippen molar-refractivity contribution in [2.24, 2.45) is 5.92 Å². The molecule has 192 valence electrons. The molecule has 0 bridgehead atoms. The zero-order chi connectivity index (χ0) is 23.5. The number of unbranched alkanes of at least 4 members (excludes halogenated alkanes) is 19. The summed E-state index contributed by atoms with van der Waals surface area (Å²) in [6, 6.07) is 0. The quantitative estimate of drug-likeness (QED) is 0.0963. The van der Waals surface area contributed by atoms with Crippen LogP contribution in [0.4, 0.5) is 0 Å². The summed E-state index contributed by atoms with van der Waals surface area (Å²) in [4.78, 5) is 12.7. The molecule has 2 heteroatoms. The van der Waals surface area contributed by atoms with Gasteiger partial charge in [0.15, 0.2) is 0 Å². The van der Waals surface area contributed by atoms with Crippen LogP contribution in [0.2, 0.25) is 0 Å². The molecule has 0 aromatic rings. The van der Waals surface area contributed by atoms with Gasteiger partial charge in [-0.2, -0.15) is 0 Å². The average Bonchev–Trinajstić information content (AvgIpc) is 2.80. The van der Waals surface area contributed by atoms with Gasteiger partial charge in [-0.1, -0.05) is 156 Å². The Morgan fingerprint density at radius 2 is 0.781 bits per heavy atom. The first kappa shape index (κ1) is 31.5. The molecule has 0 aliphatic carbocycles. The van der Waals surface area contributed by atoms with E-state index < -0.39 is 0 Å². The van der Waals surface area contributed by atoms with Crippen molar-refractivity contribution in [1.29, 1.82) is 0 Å². The first-order chi connectivity index (χ1) is 15.8. The summed E-state index contributed by atoms with van der Waals surface area (Å²) in [5.41, 5.74) is 0. The summed E-state index contributed by atoms with van der Waals surface area (Å²) in [5, 5.41) is 0. The molecule has 0 aliphatic heterocycles. The summed E-state index contributed by atoms with van der Waals surface area (Å²) < 4.78 is 5.66. The van der Waals surface area contributed by atoms with E-state index in [2.05, 4.69) is 20.8 Å². The van der Waals surface area contributed by atoms with E-state index in [0.29, 0.717) is 6.61 Å². The van der Waals surface area contributed by atoms with Gasteiger partial charge < -0.3 is 4.74 Å². The summed E-state index contributed by atoms with van der Waals surface area (Å²) in [5.74, 6) is 0.244. The average molecular weight is 453 g/mol. The molecular formula is C30H60O2. The number of esters is 1. The van der Waals surface area contributed by atoms with E-state index in [1.807, 2.05) is 0 Å². The molecule has 0 N–H and O–H groups in total. The maximum atomic E-state index is 12.7. The Kier molecular flexibility index (Phi) is 26.3. The fraction of sp³-hybridized carbons (Fsp3) is 0.967. The van der Waals surface area contributed by atoms with Crippen molar-refractivity contribution in [2.45, 2.75) is 175 Å². The molecule has 2 nitrogen and oxygen atoms in total. The highest BCUT2D eigenvalue weighted by molar-refractivity contribution is 5.72. The number of ether oxygens (including phenoxy) is 1.